The lowest BCUT2D eigenvalue weighted by molar-refractivity contribution is 0.776. The Bertz CT molecular complexity index is 356. The molecule has 0 atom stereocenters. The lowest BCUT2D eigenvalue weighted by atomic mass is 10.1. The highest BCUT2D eigenvalue weighted by molar-refractivity contribution is 8.00. The summed E-state index contributed by atoms with van der Waals surface area (Å²) in [4.78, 5) is 8.68. The van der Waals surface area contributed by atoms with Crippen LogP contribution < -0.4 is 5.32 Å². The fourth-order valence-electron chi connectivity index (χ4n) is 1.47. The van der Waals surface area contributed by atoms with Crippen molar-refractivity contribution in [2.45, 2.75) is 50.3 Å². The minimum absolute atomic E-state index is 0.170. The Labute approximate surface area is 102 Å². The standard InChI is InChI=1S/C12H21N3S/c1-8(2)9-10(13-6)14-7-15-11(9)16-12(3,4)5/h7-8H,1-6H3,(H,13,14,15). The summed E-state index contributed by atoms with van der Waals surface area (Å²) in [7, 11) is 1.90. The first-order valence-electron chi connectivity index (χ1n) is 5.57. The lowest BCUT2D eigenvalue weighted by Crippen LogP contribution is -2.11. The number of aromatic nitrogens is 2. The molecule has 0 aliphatic rings. The van der Waals surface area contributed by atoms with Crippen LogP contribution in [0.3, 0.4) is 0 Å². The molecule has 4 heteroatoms. The molecule has 90 valence electrons. The van der Waals surface area contributed by atoms with Gasteiger partial charge in [-0.25, -0.2) is 9.97 Å². The second-order valence-electron chi connectivity index (χ2n) is 5.06. The molecule has 1 heterocycles. The molecule has 0 aromatic carbocycles. The maximum atomic E-state index is 4.41. The molecule has 0 unspecified atom stereocenters. The van der Waals surface area contributed by atoms with Gasteiger partial charge in [-0.15, -0.1) is 11.8 Å². The predicted molar refractivity (Wildman–Crippen MR) is 71.3 cm³/mol. The number of anilines is 1. The van der Waals surface area contributed by atoms with Gasteiger partial charge in [0.15, 0.2) is 0 Å². The monoisotopic (exact) mass is 239 g/mol. The van der Waals surface area contributed by atoms with Gasteiger partial charge < -0.3 is 5.32 Å². The van der Waals surface area contributed by atoms with Crippen LogP contribution in [0.2, 0.25) is 0 Å². The van der Waals surface area contributed by atoms with Gasteiger partial charge in [-0.1, -0.05) is 34.6 Å². The maximum Gasteiger partial charge on any atom is 0.133 e. The zero-order valence-electron chi connectivity index (χ0n) is 11.0. The molecule has 0 bridgehead atoms. The number of hydrogen-bond acceptors (Lipinski definition) is 4. The van der Waals surface area contributed by atoms with E-state index in [1.807, 2.05) is 7.05 Å². The third-order valence-electron chi connectivity index (χ3n) is 2.06. The average Bonchev–Trinajstić information content (AvgIpc) is 2.14. The van der Waals surface area contributed by atoms with Crippen LogP contribution in [-0.2, 0) is 0 Å². The molecule has 0 aliphatic heterocycles. The van der Waals surface area contributed by atoms with Crippen LogP contribution >= 0.6 is 11.8 Å². The van der Waals surface area contributed by atoms with Crippen molar-refractivity contribution in [3.05, 3.63) is 11.9 Å². The Morgan fingerprint density at radius 2 is 1.88 bits per heavy atom. The molecular formula is C12H21N3S. The van der Waals surface area contributed by atoms with Gasteiger partial charge in [-0.3, -0.25) is 0 Å². The fourth-order valence-corrected chi connectivity index (χ4v) is 2.59. The van der Waals surface area contributed by atoms with E-state index in [4.69, 9.17) is 0 Å². The Balaban J connectivity index is 3.17. The van der Waals surface area contributed by atoms with Gasteiger partial charge in [0.1, 0.15) is 17.2 Å². The second kappa shape index (κ2) is 5.04. The molecule has 1 rings (SSSR count). The number of hydrogen-bond donors (Lipinski definition) is 1. The second-order valence-corrected chi connectivity index (χ2v) is 6.88. The summed E-state index contributed by atoms with van der Waals surface area (Å²) in [5, 5.41) is 4.22. The quantitative estimate of drug-likeness (QED) is 0.647. The molecule has 0 amide bonds. The van der Waals surface area contributed by atoms with Gasteiger partial charge in [0.2, 0.25) is 0 Å². The minimum atomic E-state index is 0.170. The zero-order valence-corrected chi connectivity index (χ0v) is 11.8. The highest BCUT2D eigenvalue weighted by Crippen LogP contribution is 2.37. The molecule has 3 nitrogen and oxygen atoms in total. The van der Waals surface area contributed by atoms with Gasteiger partial charge in [-0.05, 0) is 5.92 Å². The Kier molecular flexibility index (Phi) is 4.19. The molecule has 16 heavy (non-hydrogen) atoms. The van der Waals surface area contributed by atoms with Crippen molar-refractivity contribution in [1.82, 2.24) is 9.97 Å². The summed E-state index contributed by atoms with van der Waals surface area (Å²) in [5.41, 5.74) is 1.21. The van der Waals surface area contributed by atoms with Crippen LogP contribution in [0.5, 0.6) is 0 Å². The first kappa shape index (κ1) is 13.3. The Morgan fingerprint density at radius 3 is 2.31 bits per heavy atom. The van der Waals surface area contributed by atoms with Gasteiger partial charge in [0.25, 0.3) is 0 Å². The Hall–Kier alpha value is -0.770. The molecule has 0 saturated carbocycles. The predicted octanol–water partition coefficient (Wildman–Crippen LogP) is 3.53. The molecule has 0 aliphatic carbocycles. The first-order chi connectivity index (χ1) is 7.35. The summed E-state index contributed by atoms with van der Waals surface area (Å²) in [6.45, 7) is 10.9. The summed E-state index contributed by atoms with van der Waals surface area (Å²) in [6, 6.07) is 0. The van der Waals surface area contributed by atoms with E-state index in [0.29, 0.717) is 5.92 Å². The fraction of sp³-hybridized carbons (Fsp3) is 0.667. The van der Waals surface area contributed by atoms with Gasteiger partial charge >= 0.3 is 0 Å². The van der Waals surface area contributed by atoms with Crippen molar-refractivity contribution in [2.75, 3.05) is 12.4 Å². The average molecular weight is 239 g/mol. The van der Waals surface area contributed by atoms with E-state index in [-0.39, 0.29) is 4.75 Å². The third-order valence-corrected chi connectivity index (χ3v) is 3.20. The van der Waals surface area contributed by atoms with Crippen LogP contribution in [0.1, 0.15) is 46.1 Å². The first-order valence-corrected chi connectivity index (χ1v) is 6.38. The van der Waals surface area contributed by atoms with E-state index in [1.165, 1.54) is 5.56 Å². The van der Waals surface area contributed by atoms with Crippen LogP contribution in [0.4, 0.5) is 5.82 Å². The molecular weight excluding hydrogens is 218 g/mol. The van der Waals surface area contributed by atoms with E-state index < -0.39 is 0 Å². The normalized spacial score (nSPS) is 11.9. The topological polar surface area (TPSA) is 37.8 Å². The minimum Gasteiger partial charge on any atom is -0.373 e. The number of thioether (sulfide) groups is 1. The number of nitrogens with one attached hydrogen (secondary N) is 1. The van der Waals surface area contributed by atoms with Crippen molar-refractivity contribution in [3.8, 4) is 0 Å². The van der Waals surface area contributed by atoms with Crippen LogP contribution in [0.15, 0.2) is 11.4 Å². The zero-order chi connectivity index (χ0) is 12.3. The molecule has 0 fully saturated rings. The van der Waals surface area contributed by atoms with E-state index in [9.17, 15) is 0 Å². The summed E-state index contributed by atoms with van der Waals surface area (Å²) < 4.78 is 0.170. The molecule has 0 spiro atoms. The van der Waals surface area contributed by atoms with E-state index in [1.54, 1.807) is 18.1 Å². The summed E-state index contributed by atoms with van der Waals surface area (Å²) in [5.74, 6) is 1.37. The molecule has 1 aromatic rings. The van der Waals surface area contributed by atoms with E-state index >= 15 is 0 Å². The summed E-state index contributed by atoms with van der Waals surface area (Å²) >= 11 is 1.79. The third kappa shape index (κ3) is 3.37. The van der Waals surface area contributed by atoms with Gasteiger partial charge in [0.05, 0.1) is 0 Å². The molecule has 1 N–H and O–H groups in total. The van der Waals surface area contributed by atoms with Crippen molar-refractivity contribution < 1.29 is 0 Å². The Morgan fingerprint density at radius 1 is 1.25 bits per heavy atom. The van der Waals surface area contributed by atoms with E-state index in [0.717, 1.165) is 10.8 Å². The molecule has 0 radical (unpaired) electrons. The lowest BCUT2D eigenvalue weighted by Gasteiger charge is -2.21. The number of nitrogens with zero attached hydrogens (tertiary/aromatic N) is 2. The largest absolute Gasteiger partial charge is 0.373 e. The summed E-state index contributed by atoms with van der Waals surface area (Å²) in [6.07, 6.45) is 1.63. The van der Waals surface area contributed by atoms with Gasteiger partial charge in [-0.2, -0.15) is 0 Å². The van der Waals surface area contributed by atoms with Crippen molar-refractivity contribution in [2.24, 2.45) is 0 Å². The number of rotatable bonds is 3. The van der Waals surface area contributed by atoms with Crippen molar-refractivity contribution in [3.63, 3.8) is 0 Å². The smallest absolute Gasteiger partial charge is 0.133 e. The highest BCUT2D eigenvalue weighted by Gasteiger charge is 2.20. The van der Waals surface area contributed by atoms with Crippen LogP contribution in [-0.4, -0.2) is 21.8 Å². The van der Waals surface area contributed by atoms with Crippen molar-refractivity contribution in [1.29, 1.82) is 0 Å². The van der Waals surface area contributed by atoms with Gasteiger partial charge in [0, 0.05) is 17.4 Å². The highest BCUT2D eigenvalue weighted by atomic mass is 32.2. The van der Waals surface area contributed by atoms with Crippen LogP contribution in [0, 0.1) is 0 Å². The van der Waals surface area contributed by atoms with Crippen LogP contribution in [0.25, 0.3) is 0 Å². The SMILES string of the molecule is CNc1ncnc(SC(C)(C)C)c1C(C)C. The van der Waals surface area contributed by atoms with Crippen molar-refractivity contribution >= 4 is 17.6 Å². The molecule has 1 aromatic heterocycles. The maximum absolute atomic E-state index is 4.41. The van der Waals surface area contributed by atoms with E-state index in [2.05, 4.69) is 49.9 Å². The molecule has 0 saturated heterocycles.